The standard InChI is InChI=1S/C77H156S2/c1-4-7-10-13-16-19-20-21-22-23-24-25-26-29-32-35-38-41-44-47-50-53-57-62-67-72-77(79-76-71-66-61-55-17-14-11-8-5-2)73-68-63-58-54-51-48-45-42-39-36-33-30-27-28-31-34-37-40-43-46-49-52-56-60-65-70-75-78-74-69-64-59-18-15-12-9-6-3/h77H,4-76H2,1-3H3. The molecule has 0 saturated heterocycles. The Morgan fingerprint density at radius 2 is 0.291 bits per heavy atom. The highest BCUT2D eigenvalue weighted by molar-refractivity contribution is 7.99. The average molecular weight is 1150 g/mol. The zero-order valence-electron chi connectivity index (χ0n) is 56.0. The zero-order valence-corrected chi connectivity index (χ0v) is 57.6. The van der Waals surface area contributed by atoms with Crippen LogP contribution in [0, 0.1) is 0 Å². The van der Waals surface area contributed by atoms with Crippen LogP contribution in [0.5, 0.6) is 0 Å². The van der Waals surface area contributed by atoms with Gasteiger partial charge in [0.15, 0.2) is 0 Å². The molecule has 1 unspecified atom stereocenters. The van der Waals surface area contributed by atoms with E-state index < -0.39 is 0 Å². The van der Waals surface area contributed by atoms with Crippen molar-refractivity contribution >= 4 is 23.5 Å². The van der Waals surface area contributed by atoms with Gasteiger partial charge >= 0.3 is 0 Å². The van der Waals surface area contributed by atoms with Crippen LogP contribution in [0.2, 0.25) is 0 Å². The van der Waals surface area contributed by atoms with Crippen molar-refractivity contribution in [2.45, 2.75) is 475 Å². The van der Waals surface area contributed by atoms with Crippen LogP contribution in [0.25, 0.3) is 0 Å². The summed E-state index contributed by atoms with van der Waals surface area (Å²) in [6.07, 6.45) is 104. The number of unbranched alkanes of at least 4 members (excludes halogenated alkanes) is 64. The Hall–Kier alpha value is 0.700. The molecule has 0 aromatic heterocycles. The molecule has 0 bridgehead atoms. The molecule has 0 amide bonds. The van der Waals surface area contributed by atoms with Gasteiger partial charge in [0.2, 0.25) is 0 Å². The van der Waals surface area contributed by atoms with E-state index in [-0.39, 0.29) is 0 Å². The summed E-state index contributed by atoms with van der Waals surface area (Å²) in [5, 5.41) is 0.946. The molecule has 0 aromatic carbocycles. The van der Waals surface area contributed by atoms with Crippen molar-refractivity contribution in [2.24, 2.45) is 0 Å². The molecular formula is C77H156S2. The lowest BCUT2D eigenvalue weighted by Crippen LogP contribution is -2.04. The summed E-state index contributed by atoms with van der Waals surface area (Å²) < 4.78 is 0. The maximum absolute atomic E-state index is 2.39. The minimum Gasteiger partial charge on any atom is -0.162 e. The highest BCUT2D eigenvalue weighted by Crippen LogP contribution is 2.27. The van der Waals surface area contributed by atoms with Gasteiger partial charge in [0, 0.05) is 5.25 Å². The van der Waals surface area contributed by atoms with Gasteiger partial charge < -0.3 is 0 Å². The predicted octanol–water partition coefficient (Wildman–Crippen LogP) is 30.2. The van der Waals surface area contributed by atoms with Crippen LogP contribution in [0.15, 0.2) is 0 Å². The zero-order chi connectivity index (χ0) is 56.6. The van der Waals surface area contributed by atoms with Crippen molar-refractivity contribution < 1.29 is 0 Å². The summed E-state index contributed by atoms with van der Waals surface area (Å²) in [5.41, 5.74) is 0. The molecule has 0 fully saturated rings. The second kappa shape index (κ2) is 76.7. The first-order valence-corrected chi connectivity index (χ1v) is 40.7. The van der Waals surface area contributed by atoms with Crippen LogP contribution in [0.4, 0.5) is 0 Å². The second-order valence-corrected chi connectivity index (χ2v) is 29.3. The van der Waals surface area contributed by atoms with Gasteiger partial charge in [0.1, 0.15) is 0 Å². The first kappa shape index (κ1) is 79.7. The molecule has 0 nitrogen and oxygen atoms in total. The molecule has 0 aromatic rings. The van der Waals surface area contributed by atoms with Crippen molar-refractivity contribution in [1.82, 2.24) is 0 Å². The van der Waals surface area contributed by atoms with Crippen LogP contribution in [0.1, 0.15) is 470 Å². The molecule has 0 aliphatic rings. The third-order valence-electron chi connectivity index (χ3n) is 18.4. The normalized spacial score (nSPS) is 12.2. The summed E-state index contributed by atoms with van der Waals surface area (Å²) in [5.74, 6) is 4.25. The molecular weight excluding hydrogens is 989 g/mol. The molecule has 79 heavy (non-hydrogen) atoms. The van der Waals surface area contributed by atoms with E-state index in [0.29, 0.717) is 0 Å². The van der Waals surface area contributed by atoms with E-state index in [2.05, 4.69) is 44.3 Å². The van der Waals surface area contributed by atoms with Crippen LogP contribution in [-0.2, 0) is 0 Å². The maximum Gasteiger partial charge on any atom is 0.00470 e. The average Bonchev–Trinajstić information content (AvgIpc) is 3.46. The van der Waals surface area contributed by atoms with E-state index >= 15 is 0 Å². The molecule has 0 rings (SSSR count). The van der Waals surface area contributed by atoms with E-state index in [4.69, 9.17) is 0 Å². The Bertz CT molecular complexity index is 994. The summed E-state index contributed by atoms with van der Waals surface area (Å²) in [4.78, 5) is 0. The molecule has 0 spiro atoms. The fourth-order valence-electron chi connectivity index (χ4n) is 12.7. The summed E-state index contributed by atoms with van der Waals surface area (Å²) in [7, 11) is 0. The first-order valence-electron chi connectivity index (χ1n) is 38.5. The third kappa shape index (κ3) is 74.8. The van der Waals surface area contributed by atoms with Gasteiger partial charge in [-0.2, -0.15) is 23.5 Å². The molecule has 476 valence electrons. The molecule has 0 N–H and O–H groups in total. The largest absolute Gasteiger partial charge is 0.162 e. The van der Waals surface area contributed by atoms with Gasteiger partial charge in [-0.05, 0) is 49.4 Å². The topological polar surface area (TPSA) is 0 Å². The number of hydrogen-bond acceptors (Lipinski definition) is 2. The minimum absolute atomic E-state index is 0.946. The highest BCUT2D eigenvalue weighted by Gasteiger charge is 2.10. The van der Waals surface area contributed by atoms with E-state index in [1.807, 2.05) is 0 Å². The Kier molecular flexibility index (Phi) is 77.4. The fourth-order valence-corrected chi connectivity index (χ4v) is 15.1. The number of thioether (sulfide) groups is 2. The molecule has 0 aliphatic carbocycles. The summed E-state index contributed by atoms with van der Waals surface area (Å²) in [6.45, 7) is 6.97. The monoisotopic (exact) mass is 1150 g/mol. The smallest absolute Gasteiger partial charge is 0.00470 e. The van der Waals surface area contributed by atoms with E-state index in [1.54, 1.807) is 0 Å². The van der Waals surface area contributed by atoms with E-state index in [0.717, 1.165) is 5.25 Å². The van der Waals surface area contributed by atoms with Gasteiger partial charge in [0.25, 0.3) is 0 Å². The Morgan fingerprint density at radius 1 is 0.152 bits per heavy atom. The lowest BCUT2D eigenvalue weighted by atomic mass is 10.0. The SMILES string of the molecule is CCCCCCCCCCCCCCCCCCCCCCCCCCCC(CCCCCCCCCCCCCCCCCCCCCCCCCCCCSCCCCCCCCCC)SCCCCCCCCCCC. The molecule has 0 radical (unpaired) electrons. The first-order chi connectivity index (χ1) is 39.3. The summed E-state index contributed by atoms with van der Waals surface area (Å²) in [6, 6.07) is 0. The van der Waals surface area contributed by atoms with E-state index in [9.17, 15) is 0 Å². The predicted molar refractivity (Wildman–Crippen MR) is 374 cm³/mol. The van der Waals surface area contributed by atoms with E-state index in [1.165, 1.54) is 467 Å². The van der Waals surface area contributed by atoms with Crippen molar-refractivity contribution in [3.63, 3.8) is 0 Å². The molecule has 0 aliphatic heterocycles. The van der Waals surface area contributed by atoms with Crippen LogP contribution < -0.4 is 0 Å². The van der Waals surface area contributed by atoms with Gasteiger partial charge in [-0.15, -0.1) is 0 Å². The van der Waals surface area contributed by atoms with Gasteiger partial charge in [-0.1, -0.05) is 438 Å². The highest BCUT2D eigenvalue weighted by atomic mass is 32.2. The van der Waals surface area contributed by atoms with Crippen molar-refractivity contribution in [3.8, 4) is 0 Å². The second-order valence-electron chi connectivity index (χ2n) is 26.7. The lowest BCUT2D eigenvalue weighted by molar-refractivity contribution is 0.509. The van der Waals surface area contributed by atoms with Crippen LogP contribution in [0.3, 0.4) is 0 Å². The van der Waals surface area contributed by atoms with Crippen LogP contribution >= 0.6 is 23.5 Å². The van der Waals surface area contributed by atoms with Gasteiger partial charge in [0.05, 0.1) is 0 Å². The molecule has 0 saturated carbocycles. The molecule has 0 heterocycles. The van der Waals surface area contributed by atoms with Gasteiger partial charge in [-0.25, -0.2) is 0 Å². The quantitative estimate of drug-likeness (QED) is 0.0557. The lowest BCUT2D eigenvalue weighted by Gasteiger charge is -2.17. The number of rotatable bonds is 75. The third-order valence-corrected chi connectivity index (χ3v) is 21.1. The molecule has 2 heteroatoms. The Labute approximate surface area is 513 Å². The maximum atomic E-state index is 2.39. The fraction of sp³-hybridized carbons (Fsp3) is 1.00. The van der Waals surface area contributed by atoms with Crippen molar-refractivity contribution in [3.05, 3.63) is 0 Å². The van der Waals surface area contributed by atoms with Gasteiger partial charge in [-0.3, -0.25) is 0 Å². The van der Waals surface area contributed by atoms with Crippen LogP contribution in [-0.4, -0.2) is 22.5 Å². The van der Waals surface area contributed by atoms with Crippen molar-refractivity contribution in [1.29, 1.82) is 0 Å². The Morgan fingerprint density at radius 3 is 0.468 bits per heavy atom. The molecule has 1 atom stereocenters. The number of hydrogen-bond donors (Lipinski definition) is 0. The van der Waals surface area contributed by atoms with Crippen molar-refractivity contribution in [2.75, 3.05) is 17.3 Å². The Balaban J connectivity index is 3.68. The summed E-state index contributed by atoms with van der Waals surface area (Å²) >= 11 is 4.61. The minimum atomic E-state index is 0.946.